The van der Waals surface area contributed by atoms with Gasteiger partial charge in [0.15, 0.2) is 5.69 Å². The molecule has 11 nitrogen and oxygen atoms in total. The van der Waals surface area contributed by atoms with Crippen LogP contribution < -0.4 is 0 Å². The second-order valence-electron chi connectivity index (χ2n) is 6.52. The molecule has 1 aliphatic rings. The molecule has 3 rings (SSSR count). The Kier molecular flexibility index (Phi) is 5.32. The van der Waals surface area contributed by atoms with Crippen molar-refractivity contribution in [1.29, 1.82) is 0 Å². The molecule has 2 aromatic heterocycles. The summed E-state index contributed by atoms with van der Waals surface area (Å²) < 4.78 is 54.6. The topological polar surface area (TPSA) is 132 Å². The number of aromatic nitrogens is 4. The second-order valence-corrected chi connectivity index (χ2v) is 6.52. The summed E-state index contributed by atoms with van der Waals surface area (Å²) in [6.07, 6.45) is -6.74. The van der Waals surface area contributed by atoms with Crippen molar-refractivity contribution in [3.63, 3.8) is 0 Å². The van der Waals surface area contributed by atoms with E-state index in [-0.39, 0.29) is 28.8 Å². The van der Waals surface area contributed by atoms with Crippen molar-refractivity contribution in [2.24, 2.45) is 5.10 Å². The molecule has 0 aromatic carbocycles. The fourth-order valence-corrected chi connectivity index (χ4v) is 2.99. The van der Waals surface area contributed by atoms with E-state index in [9.17, 15) is 37.6 Å². The zero-order valence-corrected chi connectivity index (χ0v) is 15.5. The first-order valence-electron chi connectivity index (χ1n) is 8.38. The van der Waals surface area contributed by atoms with Crippen molar-refractivity contribution in [3.8, 4) is 0 Å². The first-order valence-corrected chi connectivity index (χ1v) is 8.38. The zero-order valence-electron chi connectivity index (χ0n) is 15.5. The van der Waals surface area contributed by atoms with E-state index in [0.717, 1.165) is 10.7 Å². The molecular weight excluding hydrogens is 418 g/mol. The van der Waals surface area contributed by atoms with E-state index in [1.165, 1.54) is 24.7 Å². The van der Waals surface area contributed by atoms with Gasteiger partial charge in [-0.05, 0) is 19.9 Å². The number of nitrogens with zero attached hydrogens (tertiary/aromatic N) is 7. The van der Waals surface area contributed by atoms with Gasteiger partial charge in [-0.15, -0.1) is 0 Å². The number of hydrazone groups is 1. The van der Waals surface area contributed by atoms with E-state index in [1.54, 1.807) is 0 Å². The second kappa shape index (κ2) is 7.47. The highest BCUT2D eigenvalue weighted by molar-refractivity contribution is 5.97. The van der Waals surface area contributed by atoms with Crippen LogP contribution in [0.1, 0.15) is 28.3 Å². The lowest BCUT2D eigenvalue weighted by Crippen LogP contribution is -2.51. The molecule has 3 heterocycles. The minimum atomic E-state index is -3.56. The highest BCUT2D eigenvalue weighted by Crippen LogP contribution is 2.34. The number of aliphatic hydroxyl groups is 1. The molecule has 0 aliphatic carbocycles. The highest BCUT2D eigenvalue weighted by Gasteiger charge is 2.53. The quantitative estimate of drug-likeness (QED) is 0.418. The Bertz CT molecular complexity index is 1030. The molecule has 0 spiro atoms. The first-order chi connectivity index (χ1) is 14.0. The average Bonchev–Trinajstić information content (AvgIpc) is 3.32. The number of nitro groups is 1. The molecule has 1 amide bonds. The number of halogens is 4. The molecule has 0 unspecified atom stereocenters. The summed E-state index contributed by atoms with van der Waals surface area (Å²) in [4.78, 5) is 23.0. The molecule has 0 saturated heterocycles. The molecule has 1 N–H and O–H groups in total. The summed E-state index contributed by atoms with van der Waals surface area (Å²) >= 11 is 0. The van der Waals surface area contributed by atoms with E-state index >= 15 is 0 Å². The Morgan fingerprint density at radius 2 is 2.00 bits per heavy atom. The van der Waals surface area contributed by atoms with Crippen LogP contribution in [0, 0.1) is 24.0 Å². The highest BCUT2D eigenvalue weighted by atomic mass is 19.3. The molecular formula is C15H15F4N7O4. The summed E-state index contributed by atoms with van der Waals surface area (Å²) in [6.45, 7) is 2.75. The number of carbonyl (C=O) groups is 1. The van der Waals surface area contributed by atoms with E-state index in [2.05, 4.69) is 15.3 Å². The van der Waals surface area contributed by atoms with Crippen molar-refractivity contribution >= 4 is 17.3 Å². The molecule has 1 atom stereocenters. The minimum Gasteiger partial charge on any atom is -0.364 e. The molecule has 0 fully saturated rings. The van der Waals surface area contributed by atoms with Crippen LogP contribution >= 0.6 is 0 Å². The minimum absolute atomic E-state index is 0.0972. The van der Waals surface area contributed by atoms with Crippen molar-refractivity contribution in [2.45, 2.75) is 45.5 Å². The van der Waals surface area contributed by atoms with Gasteiger partial charge in [0, 0.05) is 12.6 Å². The van der Waals surface area contributed by atoms with E-state index in [1.807, 2.05) is 0 Å². The smallest absolute Gasteiger partial charge is 0.312 e. The van der Waals surface area contributed by atoms with Gasteiger partial charge in [0.25, 0.3) is 18.8 Å². The standard InChI is InChI=1S/C15H15F4N7O4/c1-7-11(26(29)30)8(2)24(20-7)6-23-4-3-9(21-23)13(27)25-15(28,14(18)19)5-10(22-25)12(16)17/h3-4,12,14,28H,5-6H2,1-2H3/t15-/m0/s1. The number of hydrogen-bond donors (Lipinski definition) is 1. The van der Waals surface area contributed by atoms with Gasteiger partial charge in [-0.2, -0.15) is 20.3 Å². The predicted molar refractivity (Wildman–Crippen MR) is 91.2 cm³/mol. The van der Waals surface area contributed by atoms with Crippen LogP contribution in [0.4, 0.5) is 23.2 Å². The Balaban J connectivity index is 1.86. The summed E-state index contributed by atoms with van der Waals surface area (Å²) in [5, 5.41) is 32.0. The third-order valence-corrected chi connectivity index (χ3v) is 4.49. The maximum Gasteiger partial charge on any atom is 0.312 e. The maximum atomic E-state index is 13.3. The molecule has 1 aliphatic heterocycles. The predicted octanol–water partition coefficient (Wildman–Crippen LogP) is 1.53. The average molecular weight is 433 g/mol. The van der Waals surface area contributed by atoms with Crippen LogP contribution in [0.2, 0.25) is 0 Å². The van der Waals surface area contributed by atoms with Gasteiger partial charge in [-0.3, -0.25) is 19.6 Å². The lowest BCUT2D eigenvalue weighted by atomic mass is 10.1. The van der Waals surface area contributed by atoms with Crippen molar-refractivity contribution < 1.29 is 32.4 Å². The number of carbonyl (C=O) groups excluding carboxylic acids is 1. The Morgan fingerprint density at radius 3 is 2.53 bits per heavy atom. The number of hydrogen-bond acceptors (Lipinski definition) is 7. The molecule has 0 bridgehead atoms. The summed E-state index contributed by atoms with van der Waals surface area (Å²) in [5.74, 6) is -1.31. The monoisotopic (exact) mass is 433 g/mol. The Labute approximate surface area is 165 Å². The SMILES string of the molecule is Cc1nn(Cn2ccc(C(=O)N3N=C(C(F)F)C[C@]3(O)C(F)F)n2)c(C)c1[N+](=O)[O-]. The summed E-state index contributed by atoms with van der Waals surface area (Å²) in [6, 6.07) is 1.10. The molecule has 30 heavy (non-hydrogen) atoms. The Morgan fingerprint density at radius 1 is 1.33 bits per heavy atom. The van der Waals surface area contributed by atoms with Gasteiger partial charge in [0.2, 0.25) is 5.72 Å². The molecule has 2 aromatic rings. The molecule has 162 valence electrons. The largest absolute Gasteiger partial charge is 0.364 e. The maximum absolute atomic E-state index is 13.3. The fourth-order valence-electron chi connectivity index (χ4n) is 2.99. The van der Waals surface area contributed by atoms with Gasteiger partial charge in [0.1, 0.15) is 23.8 Å². The fraction of sp³-hybridized carbons (Fsp3) is 0.467. The third-order valence-electron chi connectivity index (χ3n) is 4.49. The van der Waals surface area contributed by atoms with Gasteiger partial charge in [-0.25, -0.2) is 22.2 Å². The zero-order chi connectivity index (χ0) is 22.4. The normalized spacial score (nSPS) is 19.1. The van der Waals surface area contributed by atoms with Gasteiger partial charge in [-0.1, -0.05) is 0 Å². The van der Waals surface area contributed by atoms with E-state index in [0.29, 0.717) is 0 Å². The third kappa shape index (κ3) is 3.51. The number of alkyl halides is 4. The van der Waals surface area contributed by atoms with Gasteiger partial charge >= 0.3 is 5.69 Å². The van der Waals surface area contributed by atoms with E-state index in [4.69, 9.17) is 0 Å². The van der Waals surface area contributed by atoms with Crippen LogP contribution in [0.25, 0.3) is 0 Å². The summed E-state index contributed by atoms with van der Waals surface area (Å²) in [5.41, 5.74) is -4.54. The van der Waals surface area contributed by atoms with E-state index < -0.39 is 47.2 Å². The van der Waals surface area contributed by atoms with Gasteiger partial charge < -0.3 is 5.11 Å². The van der Waals surface area contributed by atoms with Crippen LogP contribution in [0.15, 0.2) is 17.4 Å². The number of amides is 1. The van der Waals surface area contributed by atoms with Crippen molar-refractivity contribution in [3.05, 3.63) is 39.5 Å². The van der Waals surface area contributed by atoms with Crippen LogP contribution in [-0.2, 0) is 6.67 Å². The van der Waals surface area contributed by atoms with Gasteiger partial charge in [0.05, 0.1) is 4.92 Å². The Hall–Kier alpha value is -3.36. The lowest BCUT2D eigenvalue weighted by Gasteiger charge is -2.29. The first kappa shape index (κ1) is 21.4. The van der Waals surface area contributed by atoms with Crippen LogP contribution in [0.3, 0.4) is 0 Å². The van der Waals surface area contributed by atoms with Crippen molar-refractivity contribution in [1.82, 2.24) is 24.6 Å². The molecule has 0 saturated carbocycles. The van der Waals surface area contributed by atoms with Crippen molar-refractivity contribution in [2.75, 3.05) is 0 Å². The molecule has 0 radical (unpaired) electrons. The molecule has 15 heteroatoms. The summed E-state index contributed by atoms with van der Waals surface area (Å²) in [7, 11) is 0. The van der Waals surface area contributed by atoms with Crippen LogP contribution in [-0.4, -0.2) is 64.8 Å². The lowest BCUT2D eigenvalue weighted by molar-refractivity contribution is -0.386. The number of rotatable bonds is 6. The van der Waals surface area contributed by atoms with Crippen LogP contribution in [0.5, 0.6) is 0 Å². The number of aryl methyl sites for hydroxylation is 1.